The number of hydrazine groups is 1. The Balaban J connectivity index is 1.08. The van der Waals surface area contributed by atoms with E-state index in [-0.39, 0.29) is 17.8 Å². The molecule has 9 nitrogen and oxygen atoms in total. The van der Waals surface area contributed by atoms with Gasteiger partial charge in [-0.15, -0.1) is 0 Å². The zero-order chi connectivity index (χ0) is 27.8. The van der Waals surface area contributed by atoms with Crippen molar-refractivity contribution in [1.82, 2.24) is 36.1 Å². The number of rotatable bonds is 6. The van der Waals surface area contributed by atoms with Gasteiger partial charge in [-0.1, -0.05) is 12.1 Å². The fourth-order valence-corrected chi connectivity index (χ4v) is 6.91. The van der Waals surface area contributed by atoms with E-state index in [4.69, 9.17) is 4.98 Å². The highest BCUT2D eigenvalue weighted by Gasteiger charge is 2.42. The van der Waals surface area contributed by atoms with Gasteiger partial charge in [0.05, 0.1) is 23.4 Å². The molecule has 2 aliphatic heterocycles. The van der Waals surface area contributed by atoms with E-state index in [0.717, 1.165) is 78.9 Å². The Morgan fingerprint density at radius 3 is 2.83 bits per heavy atom. The zero-order valence-corrected chi connectivity index (χ0v) is 22.9. The number of benzene rings is 1. The van der Waals surface area contributed by atoms with Gasteiger partial charge in [0.1, 0.15) is 11.6 Å². The SMILES string of the molecule is O=C(CC1CCNCC1)Nc1cncc(C2CCC3NNC(c4nc5nccc(-c6cccc(F)c6)c5[nH]4)C3C2)c1. The van der Waals surface area contributed by atoms with Crippen LogP contribution < -0.4 is 21.5 Å². The molecule has 10 heteroatoms. The predicted octanol–water partition coefficient (Wildman–Crippen LogP) is 4.59. The molecule has 3 aliphatic rings. The normalized spacial score (nSPS) is 24.8. The quantitative estimate of drug-likeness (QED) is 0.237. The lowest BCUT2D eigenvalue weighted by atomic mass is 9.73. The number of pyridine rings is 2. The van der Waals surface area contributed by atoms with Crippen LogP contribution in [0.15, 0.2) is 55.0 Å². The lowest BCUT2D eigenvalue weighted by molar-refractivity contribution is -0.117. The molecule has 5 heterocycles. The first kappa shape index (κ1) is 26.2. The van der Waals surface area contributed by atoms with E-state index in [1.807, 2.05) is 18.3 Å². The summed E-state index contributed by atoms with van der Waals surface area (Å²) in [6, 6.07) is 10.9. The lowest BCUT2D eigenvalue weighted by Gasteiger charge is -2.33. The van der Waals surface area contributed by atoms with Gasteiger partial charge in [0.25, 0.3) is 0 Å². The number of carbonyl (C=O) groups is 1. The van der Waals surface area contributed by atoms with Gasteiger partial charge < -0.3 is 15.6 Å². The molecular formula is C31H35FN8O. The highest BCUT2D eigenvalue weighted by Crippen LogP contribution is 2.44. The molecule has 4 atom stereocenters. The fourth-order valence-electron chi connectivity index (χ4n) is 6.91. The van der Waals surface area contributed by atoms with E-state index in [2.05, 4.69) is 42.5 Å². The Morgan fingerprint density at radius 1 is 1.05 bits per heavy atom. The highest BCUT2D eigenvalue weighted by molar-refractivity contribution is 5.91. The second kappa shape index (κ2) is 11.3. The maximum absolute atomic E-state index is 14.0. The second-order valence-electron chi connectivity index (χ2n) is 11.7. The molecule has 41 heavy (non-hydrogen) atoms. The van der Waals surface area contributed by atoms with Gasteiger partial charge >= 0.3 is 0 Å². The molecule has 5 N–H and O–H groups in total. The van der Waals surface area contributed by atoms with Crippen molar-refractivity contribution >= 4 is 22.8 Å². The Bertz CT molecular complexity index is 1550. The molecule has 7 rings (SSSR count). The number of aromatic amines is 1. The molecule has 0 radical (unpaired) electrons. The van der Waals surface area contributed by atoms with Crippen molar-refractivity contribution < 1.29 is 9.18 Å². The lowest BCUT2D eigenvalue weighted by Crippen LogP contribution is -2.34. The zero-order valence-electron chi connectivity index (χ0n) is 22.9. The van der Waals surface area contributed by atoms with Gasteiger partial charge in [0.2, 0.25) is 5.91 Å². The molecule has 1 amide bonds. The summed E-state index contributed by atoms with van der Waals surface area (Å²) >= 11 is 0. The van der Waals surface area contributed by atoms with E-state index in [0.29, 0.717) is 35.9 Å². The van der Waals surface area contributed by atoms with E-state index < -0.39 is 0 Å². The molecule has 212 valence electrons. The Morgan fingerprint density at radius 2 is 1.95 bits per heavy atom. The maximum atomic E-state index is 14.0. The van der Waals surface area contributed by atoms with Crippen LogP contribution in [0.4, 0.5) is 10.1 Å². The first-order chi connectivity index (χ1) is 20.1. The van der Waals surface area contributed by atoms with Crippen LogP contribution in [0.2, 0.25) is 0 Å². The number of halogens is 1. The van der Waals surface area contributed by atoms with Crippen molar-refractivity contribution in [2.75, 3.05) is 18.4 Å². The number of aromatic nitrogens is 4. The standard InChI is InChI=1S/C31H35FN8O/c32-22-3-1-2-20(13-22)24-8-11-35-30-28(24)37-31(38-30)29-25-15-19(4-5-26(25)39-40-29)21-14-23(17-34-16-21)36-27(41)12-18-6-9-33-10-7-18/h1-3,8,11,13-14,16-19,25-26,29,33,39-40H,4-7,9-10,12,15H2,(H,36,41)(H,35,37,38). The molecule has 4 aromatic rings. The summed E-state index contributed by atoms with van der Waals surface area (Å²) < 4.78 is 14.0. The third-order valence-electron chi connectivity index (χ3n) is 9.04. The van der Waals surface area contributed by atoms with Gasteiger partial charge in [0.15, 0.2) is 5.65 Å². The summed E-state index contributed by atoms with van der Waals surface area (Å²) in [5, 5.41) is 6.45. The summed E-state index contributed by atoms with van der Waals surface area (Å²) in [4.78, 5) is 30.1. The minimum atomic E-state index is -0.273. The number of fused-ring (bicyclic) bond motifs is 2. The third kappa shape index (κ3) is 5.47. The molecular weight excluding hydrogens is 519 g/mol. The number of amides is 1. The van der Waals surface area contributed by atoms with Crippen molar-refractivity contribution in [3.63, 3.8) is 0 Å². The smallest absolute Gasteiger partial charge is 0.224 e. The van der Waals surface area contributed by atoms with Crippen LogP contribution >= 0.6 is 0 Å². The van der Waals surface area contributed by atoms with Crippen LogP contribution in [0.1, 0.15) is 61.9 Å². The molecule has 3 aromatic heterocycles. The predicted molar refractivity (Wildman–Crippen MR) is 155 cm³/mol. The summed E-state index contributed by atoms with van der Waals surface area (Å²) in [6.07, 6.45) is 11.1. The second-order valence-corrected chi connectivity index (χ2v) is 11.7. The number of H-pyrrole nitrogens is 1. The monoisotopic (exact) mass is 554 g/mol. The number of nitrogens with one attached hydrogen (secondary N) is 5. The molecule has 2 saturated heterocycles. The van der Waals surface area contributed by atoms with Gasteiger partial charge in [-0.05, 0) is 98.3 Å². The van der Waals surface area contributed by atoms with Gasteiger partial charge in [0, 0.05) is 30.4 Å². The molecule has 0 spiro atoms. The van der Waals surface area contributed by atoms with Crippen molar-refractivity contribution in [2.45, 2.75) is 56.5 Å². The van der Waals surface area contributed by atoms with Gasteiger partial charge in [-0.2, -0.15) is 0 Å². The van der Waals surface area contributed by atoms with Crippen LogP contribution in [0.5, 0.6) is 0 Å². The molecule has 1 aromatic carbocycles. The number of hydrogen-bond donors (Lipinski definition) is 5. The Hall–Kier alpha value is -3.73. The minimum absolute atomic E-state index is 0.0156. The third-order valence-corrected chi connectivity index (χ3v) is 9.04. The van der Waals surface area contributed by atoms with E-state index in [1.54, 1.807) is 18.5 Å². The van der Waals surface area contributed by atoms with Crippen LogP contribution in [-0.2, 0) is 4.79 Å². The fraction of sp³-hybridized carbons (Fsp3) is 0.419. The molecule has 1 aliphatic carbocycles. The number of hydrogen-bond acceptors (Lipinski definition) is 7. The highest BCUT2D eigenvalue weighted by atomic mass is 19.1. The number of nitrogens with zero attached hydrogens (tertiary/aromatic N) is 3. The van der Waals surface area contributed by atoms with Gasteiger partial charge in [-0.3, -0.25) is 15.2 Å². The van der Waals surface area contributed by atoms with E-state index in [1.165, 1.54) is 12.1 Å². The van der Waals surface area contributed by atoms with Crippen molar-refractivity contribution in [1.29, 1.82) is 0 Å². The Kier molecular flexibility index (Phi) is 7.20. The van der Waals surface area contributed by atoms with Crippen molar-refractivity contribution in [2.24, 2.45) is 11.8 Å². The van der Waals surface area contributed by atoms with Crippen LogP contribution in [0, 0.1) is 17.7 Å². The molecule has 0 bridgehead atoms. The first-order valence-corrected chi connectivity index (χ1v) is 14.7. The molecule has 4 unspecified atom stereocenters. The largest absolute Gasteiger partial charge is 0.339 e. The van der Waals surface area contributed by atoms with Crippen molar-refractivity contribution in [3.05, 3.63) is 72.2 Å². The Labute approximate surface area is 238 Å². The number of piperidine rings is 1. The molecule has 1 saturated carbocycles. The number of imidazole rings is 1. The van der Waals surface area contributed by atoms with Crippen LogP contribution in [-0.4, -0.2) is 45.0 Å². The topological polar surface area (TPSA) is 120 Å². The summed E-state index contributed by atoms with van der Waals surface area (Å²) in [6.45, 7) is 1.98. The van der Waals surface area contributed by atoms with Gasteiger partial charge in [-0.25, -0.2) is 19.8 Å². The summed E-state index contributed by atoms with van der Waals surface area (Å²) in [5.41, 5.74) is 12.0. The number of carbonyl (C=O) groups excluding carboxylic acids is 1. The summed E-state index contributed by atoms with van der Waals surface area (Å²) in [5.74, 6) is 1.71. The average Bonchev–Trinajstić information content (AvgIpc) is 3.61. The van der Waals surface area contributed by atoms with E-state index >= 15 is 0 Å². The maximum Gasteiger partial charge on any atom is 0.224 e. The van der Waals surface area contributed by atoms with Crippen LogP contribution in [0.3, 0.4) is 0 Å². The number of anilines is 1. The average molecular weight is 555 g/mol. The van der Waals surface area contributed by atoms with Crippen molar-refractivity contribution in [3.8, 4) is 11.1 Å². The van der Waals surface area contributed by atoms with E-state index in [9.17, 15) is 9.18 Å². The molecule has 3 fully saturated rings. The minimum Gasteiger partial charge on any atom is -0.339 e. The van der Waals surface area contributed by atoms with Crippen LogP contribution in [0.25, 0.3) is 22.3 Å². The summed E-state index contributed by atoms with van der Waals surface area (Å²) in [7, 11) is 0. The first-order valence-electron chi connectivity index (χ1n) is 14.7.